The van der Waals surface area contributed by atoms with Crippen molar-refractivity contribution < 1.29 is 22.4 Å². The molecule has 0 saturated carbocycles. The second-order valence-corrected chi connectivity index (χ2v) is 8.67. The number of primary amides is 1. The van der Waals surface area contributed by atoms with Crippen molar-refractivity contribution in [2.24, 2.45) is 11.7 Å². The number of nitrogens with zero attached hydrogens (tertiary/aromatic N) is 3. The Morgan fingerprint density at radius 3 is 2.11 bits per heavy atom. The van der Waals surface area contributed by atoms with Crippen LogP contribution < -0.4 is 5.73 Å². The van der Waals surface area contributed by atoms with Crippen molar-refractivity contribution in [1.29, 1.82) is 0 Å². The van der Waals surface area contributed by atoms with Gasteiger partial charge in [-0.25, -0.2) is 17.6 Å². The molecular formula is C17H23FN4O4S. The Labute approximate surface area is 157 Å². The van der Waals surface area contributed by atoms with Crippen LogP contribution in [0.4, 0.5) is 9.18 Å². The number of hydrogen-bond acceptors (Lipinski definition) is 4. The van der Waals surface area contributed by atoms with Gasteiger partial charge < -0.3 is 15.5 Å². The Kier molecular flexibility index (Phi) is 5.66. The molecule has 27 heavy (non-hydrogen) atoms. The predicted molar refractivity (Wildman–Crippen MR) is 95.6 cm³/mol. The van der Waals surface area contributed by atoms with Gasteiger partial charge in [-0.1, -0.05) is 12.1 Å². The first-order valence-corrected chi connectivity index (χ1v) is 10.3. The molecule has 3 rings (SSSR count). The first-order valence-electron chi connectivity index (χ1n) is 8.88. The zero-order valence-electron chi connectivity index (χ0n) is 14.9. The number of likely N-dealkylation sites (tertiary alicyclic amines) is 1. The molecule has 10 heteroatoms. The van der Waals surface area contributed by atoms with E-state index in [1.807, 2.05) is 0 Å². The molecule has 148 valence electrons. The van der Waals surface area contributed by atoms with E-state index in [-0.39, 0.29) is 42.9 Å². The topological polar surface area (TPSA) is 104 Å². The van der Waals surface area contributed by atoms with E-state index >= 15 is 0 Å². The molecule has 2 heterocycles. The maximum absolute atomic E-state index is 13.9. The summed E-state index contributed by atoms with van der Waals surface area (Å²) in [6.07, 6.45) is 1.10. The largest absolute Gasteiger partial charge is 0.351 e. The maximum Gasteiger partial charge on any atom is 0.314 e. The van der Waals surface area contributed by atoms with Crippen molar-refractivity contribution in [3.8, 4) is 0 Å². The van der Waals surface area contributed by atoms with E-state index in [9.17, 15) is 22.4 Å². The molecule has 1 aromatic carbocycles. The van der Waals surface area contributed by atoms with Crippen molar-refractivity contribution in [2.45, 2.75) is 17.7 Å². The molecule has 2 aliphatic rings. The first kappa shape index (κ1) is 19.6. The van der Waals surface area contributed by atoms with Crippen LogP contribution in [-0.2, 0) is 14.8 Å². The van der Waals surface area contributed by atoms with E-state index in [4.69, 9.17) is 5.73 Å². The van der Waals surface area contributed by atoms with Gasteiger partial charge in [0.1, 0.15) is 10.7 Å². The van der Waals surface area contributed by atoms with Crippen LogP contribution >= 0.6 is 0 Å². The van der Waals surface area contributed by atoms with Gasteiger partial charge in [0.25, 0.3) is 0 Å². The normalized spacial score (nSPS) is 19.9. The minimum Gasteiger partial charge on any atom is -0.351 e. The number of carbonyl (C=O) groups is 2. The van der Waals surface area contributed by atoms with Gasteiger partial charge >= 0.3 is 6.03 Å². The number of piperazine rings is 1. The second-order valence-electron chi connectivity index (χ2n) is 6.76. The number of sulfonamides is 1. The third-order valence-electron chi connectivity index (χ3n) is 5.16. The number of benzene rings is 1. The van der Waals surface area contributed by atoms with Crippen LogP contribution in [0.25, 0.3) is 0 Å². The Morgan fingerprint density at radius 2 is 1.56 bits per heavy atom. The minimum atomic E-state index is -3.92. The monoisotopic (exact) mass is 398 g/mol. The number of piperidine rings is 1. The summed E-state index contributed by atoms with van der Waals surface area (Å²) in [5, 5.41) is 0. The summed E-state index contributed by atoms with van der Waals surface area (Å²) in [6.45, 7) is 1.69. The second kappa shape index (κ2) is 7.81. The van der Waals surface area contributed by atoms with Gasteiger partial charge in [-0.05, 0) is 25.0 Å². The molecule has 0 unspecified atom stereocenters. The molecular weight excluding hydrogens is 375 g/mol. The summed E-state index contributed by atoms with van der Waals surface area (Å²) in [4.78, 5) is 26.7. The average Bonchev–Trinajstić information content (AvgIpc) is 2.68. The predicted octanol–water partition coefficient (Wildman–Crippen LogP) is 0.449. The fraction of sp³-hybridized carbons (Fsp3) is 0.529. The lowest BCUT2D eigenvalue weighted by molar-refractivity contribution is -0.138. The van der Waals surface area contributed by atoms with Crippen LogP contribution in [0.2, 0.25) is 0 Å². The summed E-state index contributed by atoms with van der Waals surface area (Å²) in [5.41, 5.74) is 5.25. The van der Waals surface area contributed by atoms with Gasteiger partial charge in [0, 0.05) is 45.2 Å². The Bertz CT molecular complexity index is 816. The molecule has 2 N–H and O–H groups in total. The van der Waals surface area contributed by atoms with Crippen LogP contribution in [0.15, 0.2) is 29.2 Å². The SMILES string of the molecule is NC(=O)N1CCC(C(=O)N2CCN(S(=O)(=O)c3ccccc3F)CC2)CC1. The number of urea groups is 1. The molecule has 2 saturated heterocycles. The minimum absolute atomic E-state index is 0.0259. The summed E-state index contributed by atoms with van der Waals surface area (Å²) in [6, 6.07) is 4.80. The average molecular weight is 398 g/mol. The molecule has 3 amide bonds. The van der Waals surface area contributed by atoms with Gasteiger partial charge in [0.2, 0.25) is 15.9 Å². The number of halogens is 1. The van der Waals surface area contributed by atoms with E-state index in [0.717, 1.165) is 6.07 Å². The fourth-order valence-corrected chi connectivity index (χ4v) is 5.03. The fourth-order valence-electron chi connectivity index (χ4n) is 3.55. The third-order valence-corrected chi connectivity index (χ3v) is 7.09. The Morgan fingerprint density at radius 1 is 0.963 bits per heavy atom. The standard InChI is InChI=1S/C17H23FN4O4S/c18-14-3-1-2-4-15(14)27(25,26)22-11-9-20(10-12-22)16(23)13-5-7-21(8-6-13)17(19)24/h1-4,13H,5-12H2,(H2,19,24). The number of nitrogens with two attached hydrogens (primary N) is 1. The molecule has 1 aromatic rings. The van der Waals surface area contributed by atoms with Crippen LogP contribution in [0.5, 0.6) is 0 Å². The number of rotatable bonds is 3. The van der Waals surface area contributed by atoms with Gasteiger partial charge in [-0.15, -0.1) is 0 Å². The van der Waals surface area contributed by atoms with E-state index in [1.165, 1.54) is 27.4 Å². The molecule has 0 aromatic heterocycles. The zero-order valence-corrected chi connectivity index (χ0v) is 15.7. The Balaban J connectivity index is 1.58. The molecule has 8 nitrogen and oxygen atoms in total. The van der Waals surface area contributed by atoms with E-state index in [0.29, 0.717) is 25.9 Å². The van der Waals surface area contributed by atoms with Crippen LogP contribution in [-0.4, -0.2) is 73.7 Å². The quantitative estimate of drug-likeness (QED) is 0.798. The van der Waals surface area contributed by atoms with Crippen molar-refractivity contribution in [3.05, 3.63) is 30.1 Å². The van der Waals surface area contributed by atoms with Crippen LogP contribution in [0.1, 0.15) is 12.8 Å². The lowest BCUT2D eigenvalue weighted by Gasteiger charge is -2.37. The molecule has 0 atom stereocenters. The summed E-state index contributed by atoms with van der Waals surface area (Å²) >= 11 is 0. The highest BCUT2D eigenvalue weighted by Gasteiger charge is 2.35. The summed E-state index contributed by atoms with van der Waals surface area (Å²) < 4.78 is 40.3. The van der Waals surface area contributed by atoms with Gasteiger partial charge in [-0.2, -0.15) is 4.31 Å². The lowest BCUT2D eigenvalue weighted by Crippen LogP contribution is -2.53. The molecule has 0 spiro atoms. The Hall–Kier alpha value is -2.20. The maximum atomic E-state index is 13.9. The van der Waals surface area contributed by atoms with Crippen LogP contribution in [0.3, 0.4) is 0 Å². The van der Waals surface area contributed by atoms with E-state index < -0.39 is 21.9 Å². The smallest absolute Gasteiger partial charge is 0.314 e. The van der Waals surface area contributed by atoms with Gasteiger partial charge in [0.15, 0.2) is 0 Å². The highest BCUT2D eigenvalue weighted by atomic mass is 32.2. The number of hydrogen-bond donors (Lipinski definition) is 1. The highest BCUT2D eigenvalue weighted by Crippen LogP contribution is 2.23. The third kappa shape index (κ3) is 4.06. The van der Waals surface area contributed by atoms with E-state index in [2.05, 4.69) is 0 Å². The first-order chi connectivity index (χ1) is 12.8. The van der Waals surface area contributed by atoms with Gasteiger partial charge in [-0.3, -0.25) is 4.79 Å². The molecule has 0 aliphatic carbocycles. The molecule has 2 aliphatic heterocycles. The van der Waals surface area contributed by atoms with Crippen molar-refractivity contribution >= 4 is 22.0 Å². The molecule has 2 fully saturated rings. The summed E-state index contributed by atoms with van der Waals surface area (Å²) in [7, 11) is -3.92. The number of amides is 3. The van der Waals surface area contributed by atoms with Crippen LogP contribution in [0, 0.1) is 11.7 Å². The molecule has 0 bridgehead atoms. The lowest BCUT2D eigenvalue weighted by atomic mass is 9.95. The van der Waals surface area contributed by atoms with Gasteiger partial charge in [0.05, 0.1) is 0 Å². The van der Waals surface area contributed by atoms with E-state index in [1.54, 1.807) is 4.90 Å². The summed E-state index contributed by atoms with van der Waals surface area (Å²) in [5.74, 6) is -0.991. The van der Waals surface area contributed by atoms with Crippen molar-refractivity contribution in [1.82, 2.24) is 14.1 Å². The molecule has 0 radical (unpaired) electrons. The van der Waals surface area contributed by atoms with Crippen molar-refractivity contribution in [3.63, 3.8) is 0 Å². The highest BCUT2D eigenvalue weighted by molar-refractivity contribution is 7.89. The number of carbonyl (C=O) groups excluding carboxylic acids is 2. The zero-order chi connectivity index (χ0) is 19.6. The van der Waals surface area contributed by atoms with Crippen molar-refractivity contribution in [2.75, 3.05) is 39.3 Å².